The van der Waals surface area contributed by atoms with Crippen LogP contribution < -0.4 is 15.4 Å². The average Bonchev–Trinajstić information content (AvgIpc) is 2.60. The highest BCUT2D eigenvalue weighted by atomic mass is 35.5. The van der Waals surface area contributed by atoms with E-state index >= 15 is 0 Å². The number of nitrogens with one attached hydrogen (secondary N) is 2. The largest absolute Gasteiger partial charge is 0.495 e. The summed E-state index contributed by atoms with van der Waals surface area (Å²) in [6.07, 6.45) is 0. The predicted octanol–water partition coefficient (Wildman–Crippen LogP) is 2.79. The Morgan fingerprint density at radius 1 is 1.19 bits per heavy atom. The highest BCUT2D eigenvalue weighted by Crippen LogP contribution is 2.28. The number of ether oxygens (including phenoxy) is 1. The van der Waals surface area contributed by atoms with E-state index in [9.17, 15) is 17.6 Å². The molecule has 10 heteroatoms. The number of carbonyl (C=O) groups is 1. The van der Waals surface area contributed by atoms with Crippen molar-refractivity contribution in [2.45, 2.75) is 4.90 Å². The van der Waals surface area contributed by atoms with E-state index in [0.717, 1.165) is 10.4 Å². The Morgan fingerprint density at radius 2 is 1.89 bits per heavy atom. The summed E-state index contributed by atoms with van der Waals surface area (Å²) >= 11 is 5.68. The molecule has 2 rings (SSSR count). The standard InChI is InChI=1S/C17H19ClFN3O4S/c1-22(2)27(24,25)12-5-7-16(26-3)15(9-12)21-17(23)10-20-14-6-4-11(18)8-13(14)19/h4-9,20H,10H2,1-3H3,(H,21,23). The summed E-state index contributed by atoms with van der Waals surface area (Å²) in [5.74, 6) is -0.812. The topological polar surface area (TPSA) is 87.7 Å². The van der Waals surface area contributed by atoms with Gasteiger partial charge in [0.05, 0.1) is 29.9 Å². The van der Waals surface area contributed by atoms with E-state index in [2.05, 4.69) is 10.6 Å². The van der Waals surface area contributed by atoms with Crippen molar-refractivity contribution in [1.29, 1.82) is 0 Å². The molecule has 0 aliphatic heterocycles. The third-order valence-corrected chi connectivity index (χ3v) is 5.64. The Balaban J connectivity index is 2.16. The first-order chi connectivity index (χ1) is 12.6. The van der Waals surface area contributed by atoms with Gasteiger partial charge in [0.2, 0.25) is 15.9 Å². The van der Waals surface area contributed by atoms with Crippen LogP contribution in [0.5, 0.6) is 5.75 Å². The van der Waals surface area contributed by atoms with Crippen LogP contribution in [0.2, 0.25) is 5.02 Å². The molecule has 0 atom stereocenters. The second kappa shape index (κ2) is 8.55. The van der Waals surface area contributed by atoms with Crippen LogP contribution in [0.3, 0.4) is 0 Å². The lowest BCUT2D eigenvalue weighted by Crippen LogP contribution is -2.24. The van der Waals surface area contributed by atoms with Gasteiger partial charge in [-0.1, -0.05) is 11.6 Å². The molecule has 27 heavy (non-hydrogen) atoms. The first kappa shape index (κ1) is 20.9. The quantitative estimate of drug-likeness (QED) is 0.726. The maximum absolute atomic E-state index is 13.7. The molecule has 0 bridgehead atoms. The van der Waals surface area contributed by atoms with Crippen LogP contribution in [0.1, 0.15) is 0 Å². The molecule has 0 radical (unpaired) electrons. The van der Waals surface area contributed by atoms with Crippen molar-refractivity contribution in [2.75, 3.05) is 38.4 Å². The monoisotopic (exact) mass is 415 g/mol. The first-order valence-corrected chi connectivity index (χ1v) is 9.56. The fourth-order valence-electron chi connectivity index (χ4n) is 2.16. The van der Waals surface area contributed by atoms with Crippen LogP contribution >= 0.6 is 11.6 Å². The minimum atomic E-state index is -3.68. The molecule has 0 spiro atoms. The number of nitrogens with zero attached hydrogens (tertiary/aromatic N) is 1. The third-order valence-electron chi connectivity index (χ3n) is 3.59. The number of hydrogen-bond acceptors (Lipinski definition) is 5. The normalized spacial score (nSPS) is 11.3. The van der Waals surface area contributed by atoms with Crippen LogP contribution in [0.15, 0.2) is 41.3 Å². The molecule has 0 aromatic heterocycles. The zero-order valence-electron chi connectivity index (χ0n) is 14.9. The maximum atomic E-state index is 13.7. The van der Waals surface area contributed by atoms with Crippen LogP contribution in [0, 0.1) is 5.82 Å². The number of benzene rings is 2. The number of rotatable bonds is 7. The molecule has 146 valence electrons. The molecule has 2 N–H and O–H groups in total. The van der Waals surface area contributed by atoms with Crippen LogP contribution in [-0.4, -0.2) is 46.4 Å². The van der Waals surface area contributed by atoms with Crippen molar-refractivity contribution >= 4 is 38.9 Å². The van der Waals surface area contributed by atoms with E-state index in [0.29, 0.717) is 5.75 Å². The zero-order valence-corrected chi connectivity index (χ0v) is 16.5. The second-order valence-electron chi connectivity index (χ2n) is 5.68. The number of hydrogen-bond donors (Lipinski definition) is 2. The molecular weight excluding hydrogens is 397 g/mol. The maximum Gasteiger partial charge on any atom is 0.243 e. The summed E-state index contributed by atoms with van der Waals surface area (Å²) in [5, 5.41) is 5.45. The van der Waals surface area contributed by atoms with Gasteiger partial charge in [-0.2, -0.15) is 0 Å². The van der Waals surface area contributed by atoms with Crippen LogP contribution in [0.25, 0.3) is 0 Å². The van der Waals surface area contributed by atoms with E-state index in [1.807, 2.05) is 0 Å². The predicted molar refractivity (Wildman–Crippen MR) is 102 cm³/mol. The van der Waals surface area contributed by atoms with E-state index in [1.165, 1.54) is 51.5 Å². The number of halogens is 2. The van der Waals surface area contributed by atoms with Gasteiger partial charge >= 0.3 is 0 Å². The van der Waals surface area contributed by atoms with Crippen molar-refractivity contribution in [2.24, 2.45) is 0 Å². The molecule has 0 heterocycles. The Labute approximate surface area is 162 Å². The fourth-order valence-corrected chi connectivity index (χ4v) is 3.25. The first-order valence-electron chi connectivity index (χ1n) is 7.74. The van der Waals surface area contributed by atoms with E-state index in [4.69, 9.17) is 16.3 Å². The summed E-state index contributed by atoms with van der Waals surface area (Å²) in [6, 6.07) is 8.15. The molecule has 0 saturated carbocycles. The van der Waals surface area contributed by atoms with Crippen molar-refractivity contribution in [3.63, 3.8) is 0 Å². The molecular formula is C17H19ClFN3O4S. The summed E-state index contributed by atoms with van der Waals surface area (Å²) in [5.41, 5.74) is 0.300. The minimum Gasteiger partial charge on any atom is -0.495 e. The average molecular weight is 416 g/mol. The third kappa shape index (κ3) is 5.09. The smallest absolute Gasteiger partial charge is 0.243 e. The minimum absolute atomic E-state index is 0.000282. The number of amides is 1. The summed E-state index contributed by atoms with van der Waals surface area (Å²) in [4.78, 5) is 12.2. The molecule has 0 saturated heterocycles. The van der Waals surface area contributed by atoms with Gasteiger partial charge in [0.15, 0.2) is 0 Å². The molecule has 0 fully saturated rings. The number of carbonyl (C=O) groups excluding carboxylic acids is 1. The second-order valence-corrected chi connectivity index (χ2v) is 8.26. The fraction of sp³-hybridized carbons (Fsp3) is 0.235. The zero-order chi connectivity index (χ0) is 20.2. The van der Waals surface area contributed by atoms with Gasteiger partial charge in [0.25, 0.3) is 0 Å². The Hall–Kier alpha value is -2.36. The van der Waals surface area contributed by atoms with Gasteiger partial charge in [-0.25, -0.2) is 17.1 Å². The van der Waals surface area contributed by atoms with Crippen LogP contribution in [-0.2, 0) is 14.8 Å². The SMILES string of the molecule is COc1ccc(S(=O)(=O)N(C)C)cc1NC(=O)CNc1ccc(Cl)cc1F. The van der Waals surface area contributed by atoms with Crippen molar-refractivity contribution in [3.05, 3.63) is 47.2 Å². The van der Waals surface area contributed by atoms with Gasteiger partial charge in [-0.3, -0.25) is 4.79 Å². The van der Waals surface area contributed by atoms with Crippen molar-refractivity contribution < 1.29 is 22.3 Å². The summed E-state index contributed by atoms with van der Waals surface area (Å²) in [6.45, 7) is -0.244. The molecule has 2 aromatic rings. The highest BCUT2D eigenvalue weighted by Gasteiger charge is 2.20. The van der Waals surface area contributed by atoms with Gasteiger partial charge in [0.1, 0.15) is 11.6 Å². The lowest BCUT2D eigenvalue weighted by molar-refractivity contribution is -0.114. The number of methoxy groups -OCH3 is 1. The number of sulfonamides is 1. The van der Waals surface area contributed by atoms with E-state index < -0.39 is 21.7 Å². The van der Waals surface area contributed by atoms with E-state index in [-0.39, 0.29) is 27.8 Å². The van der Waals surface area contributed by atoms with E-state index in [1.54, 1.807) is 0 Å². The molecule has 0 aliphatic carbocycles. The molecule has 0 unspecified atom stereocenters. The van der Waals surface area contributed by atoms with Crippen LogP contribution in [0.4, 0.5) is 15.8 Å². The number of anilines is 2. The molecule has 0 aliphatic rings. The molecule has 1 amide bonds. The van der Waals surface area contributed by atoms with Crippen molar-refractivity contribution in [1.82, 2.24) is 4.31 Å². The lowest BCUT2D eigenvalue weighted by atomic mass is 10.3. The van der Waals surface area contributed by atoms with Gasteiger partial charge in [0, 0.05) is 19.1 Å². The van der Waals surface area contributed by atoms with Gasteiger partial charge < -0.3 is 15.4 Å². The van der Waals surface area contributed by atoms with Gasteiger partial charge in [-0.05, 0) is 36.4 Å². The Kier molecular flexibility index (Phi) is 6.63. The summed E-state index contributed by atoms with van der Waals surface area (Å²) < 4.78 is 44.5. The Morgan fingerprint density at radius 3 is 2.48 bits per heavy atom. The van der Waals surface area contributed by atoms with Gasteiger partial charge in [-0.15, -0.1) is 0 Å². The lowest BCUT2D eigenvalue weighted by Gasteiger charge is -2.15. The molecule has 2 aromatic carbocycles. The molecule has 7 nitrogen and oxygen atoms in total. The van der Waals surface area contributed by atoms with Crippen molar-refractivity contribution in [3.8, 4) is 5.75 Å². The summed E-state index contributed by atoms with van der Waals surface area (Å²) in [7, 11) is 0.529. The highest BCUT2D eigenvalue weighted by molar-refractivity contribution is 7.89. The Bertz CT molecular complexity index is 951.